The Morgan fingerprint density at radius 2 is 2.38 bits per heavy atom. The molecule has 1 atom stereocenters. The van der Waals surface area contributed by atoms with Gasteiger partial charge < -0.3 is 10.5 Å². The molecule has 2 N–H and O–H groups in total. The highest BCUT2D eigenvalue weighted by Gasteiger charge is 1.95. The normalized spacial score (nSPS) is 13.9. The van der Waals surface area contributed by atoms with Crippen LogP contribution in [0, 0.1) is 6.92 Å². The van der Waals surface area contributed by atoms with Crippen molar-refractivity contribution in [3.8, 4) is 0 Å². The van der Waals surface area contributed by atoms with Crippen molar-refractivity contribution in [3.05, 3.63) is 6.92 Å². The minimum absolute atomic E-state index is 0.0880. The van der Waals surface area contributed by atoms with Crippen LogP contribution < -0.4 is 5.73 Å². The number of rotatable bonds is 4. The summed E-state index contributed by atoms with van der Waals surface area (Å²) in [7, 11) is 0. The van der Waals surface area contributed by atoms with Crippen molar-refractivity contribution in [1.29, 1.82) is 0 Å². The van der Waals surface area contributed by atoms with E-state index in [2.05, 4.69) is 6.92 Å². The summed E-state index contributed by atoms with van der Waals surface area (Å²) >= 11 is 0. The predicted octanol–water partition coefficient (Wildman–Crippen LogP) is 0.574. The summed E-state index contributed by atoms with van der Waals surface area (Å²) in [6, 6.07) is 0. The lowest BCUT2D eigenvalue weighted by Crippen LogP contribution is -2.13. The Morgan fingerprint density at radius 1 is 1.75 bits per heavy atom. The molecule has 0 saturated heterocycles. The Labute approximate surface area is 51.0 Å². The summed E-state index contributed by atoms with van der Waals surface area (Å²) in [4.78, 5) is 0. The molecule has 2 nitrogen and oxygen atoms in total. The first-order valence-electron chi connectivity index (χ1n) is 2.96. The van der Waals surface area contributed by atoms with Gasteiger partial charge in [-0.1, -0.05) is 0 Å². The van der Waals surface area contributed by atoms with Crippen LogP contribution in [-0.2, 0) is 4.74 Å². The van der Waals surface area contributed by atoms with E-state index in [9.17, 15) is 0 Å². The standard InChI is InChI=1S/C6H14NO/c1-3-8-6(2)4-5-7/h6H,2-5,7H2,1H3. The van der Waals surface area contributed by atoms with Gasteiger partial charge in [0.15, 0.2) is 0 Å². The van der Waals surface area contributed by atoms with Crippen LogP contribution in [-0.4, -0.2) is 19.3 Å². The third-order valence-electron chi connectivity index (χ3n) is 0.891. The number of hydrogen-bond donors (Lipinski definition) is 1. The molecular weight excluding hydrogens is 102 g/mol. The summed E-state index contributed by atoms with van der Waals surface area (Å²) in [5.41, 5.74) is 5.24. The van der Waals surface area contributed by atoms with Gasteiger partial charge in [0.1, 0.15) is 0 Å². The maximum absolute atomic E-state index is 5.24. The second-order valence-corrected chi connectivity index (χ2v) is 1.65. The Kier molecular flexibility index (Phi) is 5.01. The molecule has 0 aliphatic carbocycles. The molecule has 0 spiro atoms. The molecule has 49 valence electrons. The van der Waals surface area contributed by atoms with Gasteiger partial charge in [-0.3, -0.25) is 0 Å². The summed E-state index contributed by atoms with van der Waals surface area (Å²) in [5.74, 6) is 0. The molecule has 2 heteroatoms. The highest BCUT2D eigenvalue weighted by atomic mass is 16.5. The van der Waals surface area contributed by atoms with Crippen LogP contribution in [0.25, 0.3) is 0 Å². The van der Waals surface area contributed by atoms with Gasteiger partial charge in [0.25, 0.3) is 0 Å². The van der Waals surface area contributed by atoms with Gasteiger partial charge in [-0.2, -0.15) is 0 Å². The smallest absolute Gasteiger partial charge is 0.0588 e. The van der Waals surface area contributed by atoms with Crippen molar-refractivity contribution >= 4 is 0 Å². The summed E-state index contributed by atoms with van der Waals surface area (Å²) < 4.78 is 5.09. The fraction of sp³-hybridized carbons (Fsp3) is 0.833. The summed E-state index contributed by atoms with van der Waals surface area (Å²) in [6.07, 6.45) is 0.943. The first kappa shape index (κ1) is 7.92. The van der Waals surface area contributed by atoms with Gasteiger partial charge in [-0.25, -0.2) is 0 Å². The quantitative estimate of drug-likeness (QED) is 0.583. The zero-order valence-electron chi connectivity index (χ0n) is 5.39. The first-order chi connectivity index (χ1) is 3.81. The molecule has 1 unspecified atom stereocenters. The summed E-state index contributed by atoms with van der Waals surface area (Å²) in [6.45, 7) is 7.06. The molecule has 0 rings (SSSR count). The maximum atomic E-state index is 5.24. The van der Waals surface area contributed by atoms with Crippen molar-refractivity contribution in [3.63, 3.8) is 0 Å². The van der Waals surface area contributed by atoms with E-state index >= 15 is 0 Å². The lowest BCUT2D eigenvalue weighted by molar-refractivity contribution is 0.0901. The molecule has 0 heterocycles. The summed E-state index contributed by atoms with van der Waals surface area (Å²) in [5, 5.41) is 0. The van der Waals surface area contributed by atoms with Crippen LogP contribution >= 0.6 is 0 Å². The lowest BCUT2D eigenvalue weighted by atomic mass is 10.3. The Balaban J connectivity index is 2.92. The second kappa shape index (κ2) is 5.06. The van der Waals surface area contributed by atoms with E-state index in [4.69, 9.17) is 10.5 Å². The van der Waals surface area contributed by atoms with Crippen LogP contribution in [0.5, 0.6) is 0 Å². The van der Waals surface area contributed by atoms with Gasteiger partial charge in [-0.05, 0) is 26.8 Å². The molecule has 0 fully saturated rings. The van der Waals surface area contributed by atoms with Crippen molar-refractivity contribution in [2.24, 2.45) is 5.73 Å². The SMILES string of the molecule is [CH2]C(CCN)OCC. The minimum Gasteiger partial charge on any atom is -0.378 e. The van der Waals surface area contributed by atoms with Crippen molar-refractivity contribution < 1.29 is 4.74 Å². The van der Waals surface area contributed by atoms with Crippen LogP contribution in [0.15, 0.2) is 0 Å². The molecular formula is C6H14NO. The Morgan fingerprint density at radius 3 is 2.75 bits per heavy atom. The average molecular weight is 116 g/mol. The number of hydrogen-bond acceptors (Lipinski definition) is 2. The van der Waals surface area contributed by atoms with E-state index < -0.39 is 0 Å². The van der Waals surface area contributed by atoms with Crippen LogP contribution in [0.2, 0.25) is 0 Å². The first-order valence-corrected chi connectivity index (χ1v) is 2.96. The van der Waals surface area contributed by atoms with E-state index in [0.29, 0.717) is 6.54 Å². The molecule has 0 amide bonds. The minimum atomic E-state index is 0.0880. The third-order valence-corrected chi connectivity index (χ3v) is 0.891. The molecule has 0 aliphatic rings. The van der Waals surface area contributed by atoms with E-state index in [1.165, 1.54) is 0 Å². The zero-order chi connectivity index (χ0) is 6.41. The maximum Gasteiger partial charge on any atom is 0.0588 e. The monoisotopic (exact) mass is 116 g/mol. The third kappa shape index (κ3) is 4.09. The average Bonchev–Trinajstić information content (AvgIpc) is 1.68. The predicted molar refractivity (Wildman–Crippen MR) is 34.4 cm³/mol. The lowest BCUT2D eigenvalue weighted by Gasteiger charge is -2.07. The van der Waals surface area contributed by atoms with Crippen molar-refractivity contribution in [1.82, 2.24) is 0 Å². The van der Waals surface area contributed by atoms with E-state index in [0.717, 1.165) is 13.0 Å². The topological polar surface area (TPSA) is 35.2 Å². The van der Waals surface area contributed by atoms with Crippen molar-refractivity contribution in [2.45, 2.75) is 19.4 Å². The molecule has 0 saturated carbocycles. The van der Waals surface area contributed by atoms with Gasteiger partial charge in [-0.15, -0.1) is 0 Å². The zero-order valence-corrected chi connectivity index (χ0v) is 5.39. The van der Waals surface area contributed by atoms with Crippen molar-refractivity contribution in [2.75, 3.05) is 13.2 Å². The molecule has 0 aromatic carbocycles. The number of nitrogens with two attached hydrogens (primary N) is 1. The molecule has 0 aromatic rings. The van der Waals surface area contributed by atoms with Gasteiger partial charge in [0.2, 0.25) is 0 Å². The fourth-order valence-electron chi connectivity index (χ4n) is 0.505. The number of ether oxygens (including phenoxy) is 1. The Hall–Kier alpha value is -0.0800. The van der Waals surface area contributed by atoms with Gasteiger partial charge in [0.05, 0.1) is 6.10 Å². The molecule has 0 aromatic heterocycles. The molecule has 8 heavy (non-hydrogen) atoms. The molecule has 0 aliphatic heterocycles. The van der Waals surface area contributed by atoms with E-state index in [1.807, 2.05) is 6.92 Å². The molecule has 1 radical (unpaired) electrons. The highest BCUT2D eigenvalue weighted by Crippen LogP contribution is 1.92. The van der Waals surface area contributed by atoms with E-state index in [1.54, 1.807) is 0 Å². The van der Waals surface area contributed by atoms with Crippen LogP contribution in [0.1, 0.15) is 13.3 Å². The second-order valence-electron chi connectivity index (χ2n) is 1.65. The van der Waals surface area contributed by atoms with Gasteiger partial charge >= 0.3 is 0 Å². The molecule has 0 bridgehead atoms. The highest BCUT2D eigenvalue weighted by molar-refractivity contribution is 4.58. The van der Waals surface area contributed by atoms with Crippen LogP contribution in [0.4, 0.5) is 0 Å². The van der Waals surface area contributed by atoms with E-state index in [-0.39, 0.29) is 6.10 Å². The van der Waals surface area contributed by atoms with Crippen LogP contribution in [0.3, 0.4) is 0 Å². The van der Waals surface area contributed by atoms with Gasteiger partial charge in [0, 0.05) is 6.61 Å². The Bertz CT molecular complexity index is 41.8. The fourth-order valence-corrected chi connectivity index (χ4v) is 0.505. The largest absolute Gasteiger partial charge is 0.378 e.